The summed E-state index contributed by atoms with van der Waals surface area (Å²) in [6, 6.07) is 15.3. The van der Waals surface area contributed by atoms with Crippen LogP contribution in [0.15, 0.2) is 42.5 Å². The van der Waals surface area contributed by atoms with E-state index in [2.05, 4.69) is 6.07 Å². The van der Waals surface area contributed by atoms with Crippen molar-refractivity contribution >= 4 is 0 Å². The lowest BCUT2D eigenvalue weighted by Gasteiger charge is -2.02. The highest BCUT2D eigenvalue weighted by Gasteiger charge is 2.02. The lowest BCUT2D eigenvalue weighted by molar-refractivity contribution is 0.631. The maximum absolute atomic E-state index is 13.3. The molecule has 0 atom stereocenters. The van der Waals surface area contributed by atoms with Crippen LogP contribution in [-0.2, 0) is 0 Å². The fourth-order valence-corrected chi connectivity index (χ4v) is 1.38. The molecule has 0 saturated carbocycles. The van der Waals surface area contributed by atoms with Gasteiger partial charge in [-0.15, -0.1) is 0 Å². The third-order valence-corrected chi connectivity index (χ3v) is 2.18. The molecule has 0 spiro atoms. The van der Waals surface area contributed by atoms with E-state index in [1.807, 2.05) is 31.2 Å². The maximum Gasteiger partial charge on any atom is 0.131 e. The number of hydrogen-bond donors (Lipinski definition) is 0. The molecule has 0 bridgehead atoms. The van der Waals surface area contributed by atoms with Crippen molar-refractivity contribution < 1.29 is 4.39 Å². The SMILES string of the molecule is Cc1ccc(-c2cc[c]cc2F)cc1. The Morgan fingerprint density at radius 2 is 1.79 bits per heavy atom. The first-order valence-corrected chi connectivity index (χ1v) is 4.50. The molecule has 14 heavy (non-hydrogen) atoms. The van der Waals surface area contributed by atoms with Crippen LogP contribution in [0.1, 0.15) is 5.56 Å². The van der Waals surface area contributed by atoms with Crippen LogP contribution in [-0.4, -0.2) is 0 Å². The third kappa shape index (κ3) is 1.67. The highest BCUT2D eigenvalue weighted by molar-refractivity contribution is 5.64. The van der Waals surface area contributed by atoms with Gasteiger partial charge in [-0.25, -0.2) is 4.39 Å². The zero-order valence-electron chi connectivity index (χ0n) is 7.92. The molecule has 0 N–H and O–H groups in total. The lowest BCUT2D eigenvalue weighted by Crippen LogP contribution is -1.83. The molecule has 0 nitrogen and oxygen atoms in total. The number of halogens is 1. The summed E-state index contributed by atoms with van der Waals surface area (Å²) >= 11 is 0. The standard InChI is InChI=1S/C13H10F/c1-10-6-8-11(9-7-10)12-4-2-3-5-13(12)14/h2,4-9H,1H3. The monoisotopic (exact) mass is 185 g/mol. The van der Waals surface area contributed by atoms with Crippen LogP contribution in [0.5, 0.6) is 0 Å². The van der Waals surface area contributed by atoms with Crippen LogP contribution >= 0.6 is 0 Å². The predicted octanol–water partition coefficient (Wildman–Crippen LogP) is 3.60. The first kappa shape index (κ1) is 8.95. The molecule has 1 radical (unpaired) electrons. The van der Waals surface area contributed by atoms with Crippen LogP contribution in [0.3, 0.4) is 0 Å². The molecule has 0 unspecified atom stereocenters. The van der Waals surface area contributed by atoms with E-state index in [4.69, 9.17) is 0 Å². The molecule has 69 valence electrons. The second kappa shape index (κ2) is 3.62. The quantitative estimate of drug-likeness (QED) is 0.636. The maximum atomic E-state index is 13.3. The van der Waals surface area contributed by atoms with Gasteiger partial charge in [0, 0.05) is 5.56 Å². The van der Waals surface area contributed by atoms with Crippen molar-refractivity contribution in [1.82, 2.24) is 0 Å². The largest absolute Gasteiger partial charge is 0.206 e. The molecule has 0 fully saturated rings. The van der Waals surface area contributed by atoms with E-state index in [-0.39, 0.29) is 5.82 Å². The van der Waals surface area contributed by atoms with E-state index in [9.17, 15) is 4.39 Å². The van der Waals surface area contributed by atoms with Crippen LogP contribution in [0.25, 0.3) is 11.1 Å². The third-order valence-electron chi connectivity index (χ3n) is 2.18. The summed E-state index contributed by atoms with van der Waals surface area (Å²) in [7, 11) is 0. The second-order valence-corrected chi connectivity index (χ2v) is 3.27. The molecule has 2 aromatic carbocycles. The van der Waals surface area contributed by atoms with Gasteiger partial charge in [0.05, 0.1) is 0 Å². The summed E-state index contributed by atoms with van der Waals surface area (Å²) in [6.45, 7) is 2.01. The first-order chi connectivity index (χ1) is 6.77. The molecule has 2 rings (SSSR count). The molecular weight excluding hydrogens is 175 g/mol. The second-order valence-electron chi connectivity index (χ2n) is 3.27. The van der Waals surface area contributed by atoms with Gasteiger partial charge in [-0.3, -0.25) is 0 Å². The Hall–Kier alpha value is -1.63. The Kier molecular flexibility index (Phi) is 2.32. The molecule has 0 saturated heterocycles. The predicted molar refractivity (Wildman–Crippen MR) is 55.4 cm³/mol. The molecule has 1 heteroatoms. The topological polar surface area (TPSA) is 0 Å². The summed E-state index contributed by atoms with van der Waals surface area (Å²) in [5.74, 6) is -0.226. The van der Waals surface area contributed by atoms with Crippen molar-refractivity contribution in [3.8, 4) is 11.1 Å². The normalized spacial score (nSPS) is 10.1. The summed E-state index contributed by atoms with van der Waals surface area (Å²) < 4.78 is 13.3. The summed E-state index contributed by atoms with van der Waals surface area (Å²) in [5, 5.41) is 0. The van der Waals surface area contributed by atoms with Crippen molar-refractivity contribution in [2.24, 2.45) is 0 Å². The molecule has 0 aliphatic rings. The van der Waals surface area contributed by atoms with Crippen LogP contribution in [0.2, 0.25) is 0 Å². The van der Waals surface area contributed by atoms with Gasteiger partial charge in [-0.1, -0.05) is 42.0 Å². The first-order valence-electron chi connectivity index (χ1n) is 4.50. The van der Waals surface area contributed by atoms with E-state index < -0.39 is 0 Å². The Morgan fingerprint density at radius 1 is 1.07 bits per heavy atom. The minimum Gasteiger partial charge on any atom is -0.206 e. The van der Waals surface area contributed by atoms with Gasteiger partial charge in [0.1, 0.15) is 5.82 Å². The molecule has 0 aromatic heterocycles. The van der Waals surface area contributed by atoms with Gasteiger partial charge >= 0.3 is 0 Å². The van der Waals surface area contributed by atoms with E-state index in [1.165, 1.54) is 11.6 Å². The van der Waals surface area contributed by atoms with E-state index in [1.54, 1.807) is 12.1 Å². The Morgan fingerprint density at radius 3 is 2.43 bits per heavy atom. The van der Waals surface area contributed by atoms with Crippen LogP contribution < -0.4 is 0 Å². The average molecular weight is 185 g/mol. The molecule has 2 aromatic rings. The zero-order chi connectivity index (χ0) is 9.97. The molecule has 0 amide bonds. The van der Waals surface area contributed by atoms with E-state index in [0.717, 1.165) is 5.56 Å². The number of benzene rings is 2. The number of hydrogen-bond acceptors (Lipinski definition) is 0. The average Bonchev–Trinajstić information content (AvgIpc) is 2.20. The molecule has 0 heterocycles. The fraction of sp³-hybridized carbons (Fsp3) is 0.0769. The highest BCUT2D eigenvalue weighted by Crippen LogP contribution is 2.22. The Bertz CT molecular complexity index is 429. The lowest BCUT2D eigenvalue weighted by atomic mass is 10.0. The fourth-order valence-electron chi connectivity index (χ4n) is 1.38. The van der Waals surface area contributed by atoms with Gasteiger partial charge in [-0.05, 0) is 24.6 Å². The number of aryl methyl sites for hydroxylation is 1. The molecule has 0 aliphatic carbocycles. The number of rotatable bonds is 1. The van der Waals surface area contributed by atoms with Crippen LogP contribution in [0, 0.1) is 18.8 Å². The zero-order valence-corrected chi connectivity index (χ0v) is 7.92. The van der Waals surface area contributed by atoms with E-state index in [0.29, 0.717) is 5.56 Å². The highest BCUT2D eigenvalue weighted by atomic mass is 19.1. The van der Waals surface area contributed by atoms with Crippen molar-refractivity contribution in [2.75, 3.05) is 0 Å². The minimum atomic E-state index is -0.226. The molecule has 0 aliphatic heterocycles. The van der Waals surface area contributed by atoms with Crippen LogP contribution in [0.4, 0.5) is 4.39 Å². The van der Waals surface area contributed by atoms with Gasteiger partial charge in [0.2, 0.25) is 0 Å². The Balaban J connectivity index is 2.50. The summed E-state index contributed by atoms with van der Waals surface area (Å²) in [5.41, 5.74) is 2.71. The van der Waals surface area contributed by atoms with Crippen molar-refractivity contribution in [3.63, 3.8) is 0 Å². The van der Waals surface area contributed by atoms with Gasteiger partial charge in [0.15, 0.2) is 0 Å². The Labute approximate surface area is 83.0 Å². The van der Waals surface area contributed by atoms with Crippen molar-refractivity contribution in [3.05, 3.63) is 59.9 Å². The van der Waals surface area contributed by atoms with Gasteiger partial charge in [-0.2, -0.15) is 0 Å². The van der Waals surface area contributed by atoms with Gasteiger partial charge in [0.25, 0.3) is 0 Å². The van der Waals surface area contributed by atoms with Crippen molar-refractivity contribution in [2.45, 2.75) is 6.92 Å². The van der Waals surface area contributed by atoms with Gasteiger partial charge < -0.3 is 0 Å². The smallest absolute Gasteiger partial charge is 0.131 e. The molecular formula is C13H10F. The summed E-state index contributed by atoms with van der Waals surface area (Å²) in [6.07, 6.45) is 0. The minimum absolute atomic E-state index is 0.226. The summed E-state index contributed by atoms with van der Waals surface area (Å²) in [4.78, 5) is 0. The van der Waals surface area contributed by atoms with Crippen molar-refractivity contribution in [1.29, 1.82) is 0 Å². The van der Waals surface area contributed by atoms with E-state index >= 15 is 0 Å².